The first-order valence-electron chi connectivity index (χ1n) is 4.39. The molecule has 1 aromatic heterocycles. The van der Waals surface area contributed by atoms with Gasteiger partial charge < -0.3 is 10.5 Å². The second-order valence-electron chi connectivity index (χ2n) is 3.43. The summed E-state index contributed by atoms with van der Waals surface area (Å²) in [6.45, 7) is 5.04. The summed E-state index contributed by atoms with van der Waals surface area (Å²) in [5.41, 5.74) is 5.41. The van der Waals surface area contributed by atoms with E-state index in [0.717, 1.165) is 6.54 Å². The summed E-state index contributed by atoms with van der Waals surface area (Å²) in [4.78, 5) is 10.3. The number of aromatic nitrogens is 3. The molecule has 1 heterocycles. The van der Waals surface area contributed by atoms with E-state index in [-0.39, 0.29) is 6.61 Å². The Morgan fingerprint density at radius 1 is 1.71 bits per heavy atom. The second-order valence-corrected chi connectivity index (χ2v) is 3.43. The molecule has 6 heteroatoms. The van der Waals surface area contributed by atoms with Crippen LogP contribution in [-0.4, -0.2) is 21.1 Å². The second kappa shape index (κ2) is 4.59. The van der Waals surface area contributed by atoms with E-state index in [1.165, 1.54) is 0 Å². The Morgan fingerprint density at radius 3 is 3.00 bits per heavy atom. The highest BCUT2D eigenvalue weighted by molar-refractivity contribution is 5.64. The van der Waals surface area contributed by atoms with E-state index in [4.69, 9.17) is 5.73 Å². The fraction of sp³-hybridized carbons (Fsp3) is 0.625. The minimum atomic E-state index is -0.802. The van der Waals surface area contributed by atoms with Gasteiger partial charge in [-0.05, 0) is 5.92 Å². The quantitative estimate of drug-likeness (QED) is 0.764. The molecule has 1 rings (SSSR count). The predicted molar refractivity (Wildman–Crippen MR) is 49.2 cm³/mol. The van der Waals surface area contributed by atoms with Crippen molar-refractivity contribution in [3.05, 3.63) is 11.9 Å². The molecule has 0 aliphatic carbocycles. The van der Waals surface area contributed by atoms with Crippen LogP contribution in [0, 0.1) is 5.92 Å². The van der Waals surface area contributed by atoms with Gasteiger partial charge >= 0.3 is 6.09 Å². The maximum absolute atomic E-state index is 10.3. The fourth-order valence-electron chi connectivity index (χ4n) is 1.01. The fourth-order valence-corrected chi connectivity index (χ4v) is 1.01. The Morgan fingerprint density at radius 2 is 2.43 bits per heavy atom. The van der Waals surface area contributed by atoms with Gasteiger partial charge in [-0.3, -0.25) is 4.68 Å². The number of hydrogen-bond acceptors (Lipinski definition) is 4. The molecule has 0 saturated heterocycles. The van der Waals surface area contributed by atoms with Crippen molar-refractivity contribution in [3.8, 4) is 0 Å². The summed E-state index contributed by atoms with van der Waals surface area (Å²) in [6.07, 6.45) is 0.937. The highest BCUT2D eigenvalue weighted by Gasteiger charge is 2.03. The van der Waals surface area contributed by atoms with Crippen molar-refractivity contribution in [2.75, 3.05) is 0 Å². The molecule has 6 nitrogen and oxygen atoms in total. The number of ether oxygens (including phenoxy) is 1. The van der Waals surface area contributed by atoms with E-state index >= 15 is 0 Å². The summed E-state index contributed by atoms with van der Waals surface area (Å²) in [7, 11) is 0. The standard InChI is InChI=1S/C8H14N4O2/c1-6(2)3-12-4-7(10-11-12)5-14-8(9)13/h4,6H,3,5H2,1-2H3,(H2,9,13). The molecule has 0 saturated carbocycles. The number of rotatable bonds is 4. The van der Waals surface area contributed by atoms with Gasteiger partial charge in [-0.2, -0.15) is 0 Å². The Hall–Kier alpha value is -1.59. The SMILES string of the molecule is CC(C)Cn1cc(COC(N)=O)nn1. The summed E-state index contributed by atoms with van der Waals surface area (Å²) in [5.74, 6) is 0.501. The van der Waals surface area contributed by atoms with E-state index in [9.17, 15) is 4.79 Å². The van der Waals surface area contributed by atoms with E-state index in [2.05, 4.69) is 28.9 Å². The molecule has 14 heavy (non-hydrogen) atoms. The third kappa shape index (κ3) is 3.42. The van der Waals surface area contributed by atoms with Gasteiger partial charge in [-0.25, -0.2) is 4.79 Å². The number of nitrogens with zero attached hydrogens (tertiary/aromatic N) is 3. The van der Waals surface area contributed by atoms with Crippen LogP contribution in [0.3, 0.4) is 0 Å². The number of carbonyl (C=O) groups excluding carboxylic acids is 1. The number of nitrogens with two attached hydrogens (primary N) is 1. The average molecular weight is 198 g/mol. The van der Waals surface area contributed by atoms with Gasteiger partial charge in [-0.1, -0.05) is 19.1 Å². The summed E-state index contributed by atoms with van der Waals surface area (Å²) >= 11 is 0. The normalized spacial score (nSPS) is 10.5. The van der Waals surface area contributed by atoms with Crippen molar-refractivity contribution in [2.24, 2.45) is 11.7 Å². The van der Waals surface area contributed by atoms with Crippen molar-refractivity contribution >= 4 is 6.09 Å². The molecule has 0 unspecified atom stereocenters. The monoisotopic (exact) mass is 198 g/mol. The topological polar surface area (TPSA) is 83.0 Å². The maximum atomic E-state index is 10.3. The van der Waals surface area contributed by atoms with Crippen LogP contribution in [-0.2, 0) is 17.9 Å². The van der Waals surface area contributed by atoms with Crippen LogP contribution in [0.4, 0.5) is 4.79 Å². The number of amides is 1. The van der Waals surface area contributed by atoms with E-state index in [1.54, 1.807) is 10.9 Å². The van der Waals surface area contributed by atoms with Crippen LogP contribution >= 0.6 is 0 Å². The molecule has 0 spiro atoms. The lowest BCUT2D eigenvalue weighted by Gasteiger charge is -2.01. The molecule has 0 fully saturated rings. The van der Waals surface area contributed by atoms with Crippen molar-refractivity contribution in [3.63, 3.8) is 0 Å². The average Bonchev–Trinajstić information content (AvgIpc) is 2.47. The Balaban J connectivity index is 2.46. The highest BCUT2D eigenvalue weighted by Crippen LogP contribution is 2.00. The first-order valence-corrected chi connectivity index (χ1v) is 4.39. The number of carbonyl (C=O) groups is 1. The molecule has 0 aromatic carbocycles. The van der Waals surface area contributed by atoms with Gasteiger partial charge in [0.05, 0.1) is 6.20 Å². The Kier molecular flexibility index (Phi) is 3.44. The summed E-state index contributed by atoms with van der Waals surface area (Å²) in [5, 5.41) is 7.69. The van der Waals surface area contributed by atoms with E-state index < -0.39 is 6.09 Å². The smallest absolute Gasteiger partial charge is 0.404 e. The first kappa shape index (κ1) is 10.5. The van der Waals surface area contributed by atoms with Gasteiger partial charge in [0, 0.05) is 6.54 Å². The van der Waals surface area contributed by atoms with Gasteiger partial charge in [-0.15, -0.1) is 5.10 Å². The number of hydrogen-bond donors (Lipinski definition) is 1. The van der Waals surface area contributed by atoms with E-state index in [1.807, 2.05) is 0 Å². The van der Waals surface area contributed by atoms with Crippen LogP contribution in [0.5, 0.6) is 0 Å². The third-order valence-corrected chi connectivity index (χ3v) is 1.50. The molecule has 78 valence electrons. The molecule has 2 N–H and O–H groups in total. The van der Waals surface area contributed by atoms with Crippen molar-refractivity contribution in [1.29, 1.82) is 0 Å². The Labute approximate surface area is 82.0 Å². The molecule has 1 amide bonds. The van der Waals surface area contributed by atoms with Crippen molar-refractivity contribution in [2.45, 2.75) is 27.0 Å². The molecule has 0 atom stereocenters. The lowest BCUT2D eigenvalue weighted by molar-refractivity contribution is 0.149. The number of primary amides is 1. The molecule has 1 aromatic rings. The largest absolute Gasteiger partial charge is 0.443 e. The minimum Gasteiger partial charge on any atom is -0.443 e. The van der Waals surface area contributed by atoms with Gasteiger partial charge in [0.1, 0.15) is 12.3 Å². The van der Waals surface area contributed by atoms with Crippen molar-refractivity contribution in [1.82, 2.24) is 15.0 Å². The van der Waals surface area contributed by atoms with Crippen LogP contribution < -0.4 is 5.73 Å². The first-order chi connectivity index (χ1) is 6.58. The minimum absolute atomic E-state index is 0.0768. The van der Waals surface area contributed by atoms with E-state index in [0.29, 0.717) is 11.6 Å². The van der Waals surface area contributed by atoms with Gasteiger partial charge in [0.15, 0.2) is 0 Å². The van der Waals surface area contributed by atoms with Crippen LogP contribution in [0.2, 0.25) is 0 Å². The van der Waals surface area contributed by atoms with Gasteiger partial charge in [0.25, 0.3) is 0 Å². The predicted octanol–water partition coefficient (Wildman–Crippen LogP) is 0.529. The molecule has 0 aliphatic rings. The van der Waals surface area contributed by atoms with Crippen LogP contribution in [0.15, 0.2) is 6.20 Å². The summed E-state index contributed by atoms with van der Waals surface area (Å²) in [6, 6.07) is 0. The zero-order valence-electron chi connectivity index (χ0n) is 8.30. The van der Waals surface area contributed by atoms with Crippen LogP contribution in [0.25, 0.3) is 0 Å². The van der Waals surface area contributed by atoms with Crippen LogP contribution in [0.1, 0.15) is 19.5 Å². The lowest BCUT2D eigenvalue weighted by atomic mass is 10.2. The summed E-state index contributed by atoms with van der Waals surface area (Å²) < 4.78 is 6.28. The Bertz CT molecular complexity index is 308. The third-order valence-electron chi connectivity index (χ3n) is 1.50. The molecule has 0 bridgehead atoms. The molecule has 0 radical (unpaired) electrons. The highest BCUT2D eigenvalue weighted by atomic mass is 16.5. The zero-order chi connectivity index (χ0) is 10.6. The molecule has 0 aliphatic heterocycles. The molecular formula is C8H14N4O2. The van der Waals surface area contributed by atoms with Crippen molar-refractivity contribution < 1.29 is 9.53 Å². The lowest BCUT2D eigenvalue weighted by Crippen LogP contribution is -2.12. The van der Waals surface area contributed by atoms with Gasteiger partial charge in [0.2, 0.25) is 0 Å². The maximum Gasteiger partial charge on any atom is 0.404 e. The zero-order valence-corrected chi connectivity index (χ0v) is 8.30. The molecular weight excluding hydrogens is 184 g/mol.